The Morgan fingerprint density at radius 2 is 1.05 bits per heavy atom. The minimum absolute atomic E-state index is 0.601. The summed E-state index contributed by atoms with van der Waals surface area (Å²) in [5, 5.41) is 1.14. The molecule has 0 spiro atoms. The summed E-state index contributed by atoms with van der Waals surface area (Å²) in [6.07, 6.45) is 6.32. The lowest BCUT2D eigenvalue weighted by Crippen LogP contribution is -2.29. The summed E-state index contributed by atoms with van der Waals surface area (Å²) in [4.78, 5) is 15.2. The van der Waals surface area contributed by atoms with Gasteiger partial charge in [0.25, 0.3) is 0 Å². The smallest absolute Gasteiger partial charge is 0.164 e. The monoisotopic (exact) mass is 730 g/mol. The van der Waals surface area contributed by atoms with Crippen molar-refractivity contribution in [2.45, 2.75) is 12.3 Å². The molecule has 270 valence electrons. The summed E-state index contributed by atoms with van der Waals surface area (Å²) in [5.41, 5.74) is 13.9. The normalized spacial score (nSPS) is 12.8. The second-order valence-electron chi connectivity index (χ2n) is 14.3. The quantitative estimate of drug-likeness (QED) is 0.156. The standard InChI is InChI=1S/C53H38N4/c1-3-20-47-42(4-2)45-34-33-44-43-31-17-18-32-46(43)53(39-26-13-7-14-27-39,40-28-15-8-16-29-40)48(44)49(45)57(47)41-30-19-25-38(35-41)52-55-50(36-21-9-5-10-22-36)54-51(56-52)37-23-11-6-12-24-37/h3-35H,2H2,1H3/b20-3-. The van der Waals surface area contributed by atoms with Gasteiger partial charge in [0.15, 0.2) is 17.5 Å². The van der Waals surface area contributed by atoms with Gasteiger partial charge in [-0.25, -0.2) is 15.0 Å². The molecule has 0 amide bonds. The molecule has 0 aliphatic heterocycles. The number of fused-ring (bicyclic) bond motifs is 5. The Labute approximate surface area is 332 Å². The lowest BCUT2D eigenvalue weighted by Gasteiger charge is -2.34. The first-order valence-corrected chi connectivity index (χ1v) is 19.4. The first-order valence-electron chi connectivity index (χ1n) is 19.4. The fraction of sp³-hybridized carbons (Fsp3) is 0.0377. The van der Waals surface area contributed by atoms with Crippen molar-refractivity contribution in [2.75, 3.05) is 0 Å². The van der Waals surface area contributed by atoms with Crippen molar-refractivity contribution in [1.29, 1.82) is 0 Å². The van der Waals surface area contributed by atoms with Crippen LogP contribution in [-0.2, 0) is 5.41 Å². The molecule has 0 unspecified atom stereocenters. The molecule has 0 saturated carbocycles. The van der Waals surface area contributed by atoms with Crippen molar-refractivity contribution in [3.63, 3.8) is 0 Å². The molecule has 1 aliphatic carbocycles. The highest BCUT2D eigenvalue weighted by Gasteiger charge is 2.48. The zero-order chi connectivity index (χ0) is 38.3. The largest absolute Gasteiger partial charge is 0.309 e. The zero-order valence-electron chi connectivity index (χ0n) is 31.5. The Hall–Kier alpha value is -7.43. The molecule has 0 fully saturated rings. The fourth-order valence-corrected chi connectivity index (χ4v) is 8.87. The van der Waals surface area contributed by atoms with E-state index in [0.29, 0.717) is 17.5 Å². The van der Waals surface area contributed by atoms with Crippen molar-refractivity contribution in [3.8, 4) is 51.0 Å². The molecule has 9 aromatic rings. The SMILES string of the molecule is C=Cc1c(/C=C\C)n(-c2cccc(-c3nc(-c4ccccc4)nc(-c4ccccc4)n3)c2)c2c3c(ccc12)-c1ccccc1C3(c1ccccc1)c1ccccc1. The Bertz CT molecular complexity index is 2870. The Morgan fingerprint density at radius 3 is 1.63 bits per heavy atom. The highest BCUT2D eigenvalue weighted by molar-refractivity contribution is 6.05. The van der Waals surface area contributed by atoms with Gasteiger partial charge in [0.05, 0.1) is 16.6 Å². The molecule has 57 heavy (non-hydrogen) atoms. The van der Waals surface area contributed by atoms with E-state index in [1.165, 1.54) is 33.4 Å². The third kappa shape index (κ3) is 5.41. The third-order valence-electron chi connectivity index (χ3n) is 11.2. The van der Waals surface area contributed by atoms with Crippen LogP contribution in [-0.4, -0.2) is 19.5 Å². The molecular weight excluding hydrogens is 693 g/mol. The third-order valence-corrected chi connectivity index (χ3v) is 11.2. The summed E-state index contributed by atoms with van der Waals surface area (Å²) >= 11 is 0. The van der Waals surface area contributed by atoms with Gasteiger partial charge in [0.1, 0.15) is 0 Å². The molecule has 2 aromatic heterocycles. The molecule has 10 rings (SSSR count). The number of rotatable bonds is 8. The summed E-state index contributed by atoms with van der Waals surface area (Å²) in [6, 6.07) is 64.3. The van der Waals surface area contributed by atoms with Crippen LogP contribution < -0.4 is 0 Å². The van der Waals surface area contributed by atoms with E-state index in [0.717, 1.165) is 44.5 Å². The predicted octanol–water partition coefficient (Wildman–Crippen LogP) is 12.9. The molecule has 0 saturated heterocycles. The average Bonchev–Trinajstić information content (AvgIpc) is 3.77. The number of allylic oxidation sites excluding steroid dienone is 1. The van der Waals surface area contributed by atoms with Gasteiger partial charge >= 0.3 is 0 Å². The number of nitrogens with zero attached hydrogens (tertiary/aromatic N) is 4. The maximum absolute atomic E-state index is 5.10. The van der Waals surface area contributed by atoms with Crippen LogP contribution in [0.4, 0.5) is 0 Å². The summed E-state index contributed by atoms with van der Waals surface area (Å²) in [7, 11) is 0. The highest BCUT2D eigenvalue weighted by Crippen LogP contribution is 2.59. The molecule has 7 aromatic carbocycles. The van der Waals surface area contributed by atoms with Crippen molar-refractivity contribution in [3.05, 3.63) is 228 Å². The van der Waals surface area contributed by atoms with Gasteiger partial charge in [-0.15, -0.1) is 0 Å². The first-order chi connectivity index (χ1) is 28.2. The Balaban J connectivity index is 1.30. The van der Waals surface area contributed by atoms with Gasteiger partial charge in [0, 0.05) is 38.9 Å². The van der Waals surface area contributed by atoms with E-state index in [9.17, 15) is 0 Å². The van der Waals surface area contributed by atoms with Crippen LogP contribution in [0.1, 0.15) is 40.4 Å². The summed E-state index contributed by atoms with van der Waals surface area (Å²) in [5.74, 6) is 1.87. The summed E-state index contributed by atoms with van der Waals surface area (Å²) < 4.78 is 2.43. The second kappa shape index (κ2) is 14.0. The van der Waals surface area contributed by atoms with Gasteiger partial charge in [-0.2, -0.15) is 0 Å². The molecule has 0 radical (unpaired) electrons. The molecule has 0 N–H and O–H groups in total. The van der Waals surface area contributed by atoms with E-state index >= 15 is 0 Å². The van der Waals surface area contributed by atoms with E-state index in [4.69, 9.17) is 15.0 Å². The predicted molar refractivity (Wildman–Crippen MR) is 235 cm³/mol. The molecule has 0 bridgehead atoms. The topological polar surface area (TPSA) is 43.6 Å². The van der Waals surface area contributed by atoms with Crippen LogP contribution >= 0.6 is 0 Å². The molecule has 1 aliphatic rings. The Kier molecular flexibility index (Phi) is 8.38. The zero-order valence-corrected chi connectivity index (χ0v) is 31.5. The van der Waals surface area contributed by atoms with Crippen LogP contribution in [0.2, 0.25) is 0 Å². The average molecular weight is 731 g/mol. The van der Waals surface area contributed by atoms with Crippen LogP contribution in [0.5, 0.6) is 0 Å². The van der Waals surface area contributed by atoms with Gasteiger partial charge in [0.2, 0.25) is 0 Å². The van der Waals surface area contributed by atoms with Crippen molar-refractivity contribution < 1.29 is 0 Å². The lowest BCUT2D eigenvalue weighted by molar-refractivity contribution is 0.771. The highest BCUT2D eigenvalue weighted by atomic mass is 15.0. The number of hydrogen-bond donors (Lipinski definition) is 0. The number of aromatic nitrogens is 4. The lowest BCUT2D eigenvalue weighted by atomic mass is 9.67. The minimum atomic E-state index is -0.601. The Morgan fingerprint density at radius 1 is 0.526 bits per heavy atom. The van der Waals surface area contributed by atoms with Crippen LogP contribution in [0.25, 0.3) is 74.0 Å². The van der Waals surface area contributed by atoms with E-state index in [2.05, 4.69) is 152 Å². The van der Waals surface area contributed by atoms with Crippen molar-refractivity contribution in [2.24, 2.45) is 0 Å². The minimum Gasteiger partial charge on any atom is -0.309 e. The maximum atomic E-state index is 5.10. The van der Waals surface area contributed by atoms with Gasteiger partial charge < -0.3 is 4.57 Å². The second-order valence-corrected chi connectivity index (χ2v) is 14.3. The number of hydrogen-bond acceptors (Lipinski definition) is 3. The van der Waals surface area contributed by atoms with Crippen LogP contribution in [0, 0.1) is 0 Å². The van der Waals surface area contributed by atoms with Crippen molar-refractivity contribution in [1.82, 2.24) is 19.5 Å². The van der Waals surface area contributed by atoms with E-state index in [1.54, 1.807) is 0 Å². The van der Waals surface area contributed by atoms with Gasteiger partial charge in [-0.3, -0.25) is 0 Å². The first kappa shape index (κ1) is 34.1. The molecular formula is C53H38N4. The van der Waals surface area contributed by atoms with E-state index < -0.39 is 5.41 Å². The fourth-order valence-electron chi connectivity index (χ4n) is 8.87. The maximum Gasteiger partial charge on any atom is 0.164 e. The van der Waals surface area contributed by atoms with Crippen molar-refractivity contribution >= 4 is 23.1 Å². The molecule has 2 heterocycles. The van der Waals surface area contributed by atoms with Gasteiger partial charge in [-0.05, 0) is 52.9 Å². The van der Waals surface area contributed by atoms with E-state index in [1.807, 2.05) is 66.7 Å². The molecule has 0 atom stereocenters. The number of benzene rings is 7. The van der Waals surface area contributed by atoms with Crippen LogP contribution in [0.3, 0.4) is 0 Å². The summed E-state index contributed by atoms with van der Waals surface area (Å²) in [6.45, 7) is 6.46. The molecule has 4 heteroatoms. The van der Waals surface area contributed by atoms with E-state index in [-0.39, 0.29) is 0 Å². The van der Waals surface area contributed by atoms with Gasteiger partial charge in [-0.1, -0.05) is 189 Å². The molecule has 4 nitrogen and oxygen atoms in total. The van der Waals surface area contributed by atoms with Crippen LogP contribution in [0.15, 0.2) is 195 Å².